The van der Waals surface area contributed by atoms with Crippen molar-refractivity contribution in [3.05, 3.63) is 75.6 Å². The molecule has 1 aromatic heterocycles. The van der Waals surface area contributed by atoms with Crippen LogP contribution in [0.3, 0.4) is 0 Å². The van der Waals surface area contributed by atoms with Crippen LogP contribution in [0.15, 0.2) is 53.3 Å². The lowest BCUT2D eigenvalue weighted by Gasteiger charge is -2.07. The van der Waals surface area contributed by atoms with Crippen LogP contribution >= 0.6 is 0 Å². The predicted molar refractivity (Wildman–Crippen MR) is 83.1 cm³/mol. The van der Waals surface area contributed by atoms with E-state index in [1.807, 2.05) is 0 Å². The summed E-state index contributed by atoms with van der Waals surface area (Å²) >= 11 is 0. The lowest BCUT2D eigenvalue weighted by molar-refractivity contribution is 0.0696. The molecule has 0 radical (unpaired) electrons. The molecule has 0 bridgehead atoms. The number of fused-ring (bicyclic) bond motifs is 1. The second-order valence-corrected chi connectivity index (χ2v) is 4.94. The van der Waals surface area contributed by atoms with Gasteiger partial charge in [0.15, 0.2) is 0 Å². The van der Waals surface area contributed by atoms with Gasteiger partial charge in [0, 0.05) is 10.9 Å². The standard InChI is InChI=1S/C17H11NO5/c19-14(9-4-2-1-3-5-9)13-15(20)11-7-6-10(17(22)23)8-12(11)18-16(13)21/h1-8H,(H,22,23)(H2,18,20,21). The van der Waals surface area contributed by atoms with Gasteiger partial charge in [-0.3, -0.25) is 9.59 Å². The van der Waals surface area contributed by atoms with Gasteiger partial charge in [-0.25, -0.2) is 4.79 Å². The number of carbonyl (C=O) groups excluding carboxylic acids is 1. The molecule has 3 rings (SSSR count). The normalized spacial score (nSPS) is 10.6. The SMILES string of the molecule is O=C(O)c1ccc2c(O)c(C(=O)c3ccccc3)c(=O)[nH]c2c1. The number of carboxylic acid groups (broad SMARTS) is 1. The van der Waals surface area contributed by atoms with E-state index >= 15 is 0 Å². The van der Waals surface area contributed by atoms with E-state index in [1.165, 1.54) is 18.2 Å². The average Bonchev–Trinajstić information content (AvgIpc) is 2.55. The molecule has 1 heterocycles. The molecule has 23 heavy (non-hydrogen) atoms. The summed E-state index contributed by atoms with van der Waals surface area (Å²) in [6.07, 6.45) is 0. The molecule has 0 aliphatic carbocycles. The first kappa shape index (κ1) is 14.5. The summed E-state index contributed by atoms with van der Waals surface area (Å²) in [7, 11) is 0. The van der Waals surface area contributed by atoms with E-state index in [-0.39, 0.29) is 27.6 Å². The van der Waals surface area contributed by atoms with Crippen LogP contribution in [0.25, 0.3) is 10.9 Å². The second-order valence-electron chi connectivity index (χ2n) is 4.94. The Labute approximate surface area is 129 Å². The quantitative estimate of drug-likeness (QED) is 0.643. The van der Waals surface area contributed by atoms with E-state index < -0.39 is 23.1 Å². The Hall–Kier alpha value is -3.41. The zero-order valence-electron chi connectivity index (χ0n) is 11.7. The van der Waals surface area contributed by atoms with Gasteiger partial charge in [0.2, 0.25) is 5.78 Å². The number of aromatic nitrogens is 1. The highest BCUT2D eigenvalue weighted by atomic mass is 16.4. The fourth-order valence-corrected chi connectivity index (χ4v) is 2.36. The Morgan fingerprint density at radius 2 is 1.65 bits per heavy atom. The monoisotopic (exact) mass is 309 g/mol. The molecular weight excluding hydrogens is 298 g/mol. The first-order valence-electron chi connectivity index (χ1n) is 6.71. The smallest absolute Gasteiger partial charge is 0.335 e. The fraction of sp³-hybridized carbons (Fsp3) is 0. The number of hydrogen-bond donors (Lipinski definition) is 3. The first-order valence-corrected chi connectivity index (χ1v) is 6.71. The second kappa shape index (κ2) is 5.42. The fourth-order valence-electron chi connectivity index (χ4n) is 2.36. The minimum absolute atomic E-state index is 0.0327. The summed E-state index contributed by atoms with van der Waals surface area (Å²) in [5.41, 5.74) is -0.750. The highest BCUT2D eigenvalue weighted by Crippen LogP contribution is 2.27. The van der Waals surface area contributed by atoms with E-state index in [2.05, 4.69) is 4.98 Å². The molecule has 0 amide bonds. The van der Waals surface area contributed by atoms with Crippen molar-refractivity contribution in [1.82, 2.24) is 4.98 Å². The molecule has 3 N–H and O–H groups in total. The topological polar surface area (TPSA) is 107 Å². The van der Waals surface area contributed by atoms with E-state index in [0.717, 1.165) is 0 Å². The van der Waals surface area contributed by atoms with Crippen molar-refractivity contribution in [1.29, 1.82) is 0 Å². The minimum Gasteiger partial charge on any atom is -0.506 e. The summed E-state index contributed by atoms with van der Waals surface area (Å²) in [5.74, 6) is -2.22. The number of ketones is 1. The van der Waals surface area contributed by atoms with Crippen molar-refractivity contribution in [2.24, 2.45) is 0 Å². The maximum atomic E-state index is 12.4. The number of H-pyrrole nitrogens is 1. The molecule has 0 saturated heterocycles. The van der Waals surface area contributed by atoms with Crippen molar-refractivity contribution in [2.75, 3.05) is 0 Å². The van der Waals surface area contributed by atoms with Gasteiger partial charge in [0.1, 0.15) is 11.3 Å². The molecule has 0 fully saturated rings. The predicted octanol–water partition coefficient (Wildman–Crippen LogP) is 2.16. The third kappa shape index (κ3) is 2.46. The molecule has 2 aromatic carbocycles. The van der Waals surface area contributed by atoms with Gasteiger partial charge in [-0.05, 0) is 18.2 Å². The molecular formula is C17H11NO5. The molecule has 0 saturated carbocycles. The van der Waals surface area contributed by atoms with Gasteiger partial charge in [-0.15, -0.1) is 0 Å². The van der Waals surface area contributed by atoms with Crippen molar-refractivity contribution in [3.8, 4) is 5.75 Å². The number of nitrogens with one attached hydrogen (secondary N) is 1. The van der Waals surface area contributed by atoms with Crippen molar-refractivity contribution in [2.45, 2.75) is 0 Å². The maximum Gasteiger partial charge on any atom is 0.335 e. The number of carbonyl (C=O) groups is 2. The number of aromatic carboxylic acids is 1. The van der Waals surface area contributed by atoms with E-state index in [0.29, 0.717) is 0 Å². The summed E-state index contributed by atoms with van der Waals surface area (Å²) in [4.78, 5) is 38.0. The van der Waals surface area contributed by atoms with Crippen molar-refractivity contribution < 1.29 is 19.8 Å². The largest absolute Gasteiger partial charge is 0.506 e. The molecule has 114 valence electrons. The molecule has 0 aliphatic rings. The summed E-state index contributed by atoms with van der Waals surface area (Å²) in [6, 6.07) is 12.0. The summed E-state index contributed by atoms with van der Waals surface area (Å²) in [5, 5.41) is 19.5. The number of rotatable bonds is 3. The average molecular weight is 309 g/mol. The molecule has 0 spiro atoms. The zero-order valence-corrected chi connectivity index (χ0v) is 11.7. The Morgan fingerprint density at radius 1 is 0.957 bits per heavy atom. The van der Waals surface area contributed by atoms with E-state index in [1.54, 1.807) is 30.3 Å². The molecule has 0 atom stereocenters. The third-order valence-corrected chi connectivity index (χ3v) is 3.50. The molecule has 0 aliphatic heterocycles. The van der Waals surface area contributed by atoms with Gasteiger partial charge < -0.3 is 15.2 Å². The summed E-state index contributed by atoms with van der Waals surface area (Å²) in [6.45, 7) is 0. The van der Waals surface area contributed by atoms with Gasteiger partial charge in [-0.2, -0.15) is 0 Å². The van der Waals surface area contributed by atoms with Crippen LogP contribution < -0.4 is 5.56 Å². The number of pyridine rings is 1. The number of carboxylic acids is 1. The molecule has 6 heteroatoms. The van der Waals surface area contributed by atoms with Crippen LogP contribution in [0.5, 0.6) is 5.75 Å². The van der Waals surface area contributed by atoms with E-state index in [9.17, 15) is 19.5 Å². The maximum absolute atomic E-state index is 12.4. The minimum atomic E-state index is -1.16. The molecule has 6 nitrogen and oxygen atoms in total. The van der Waals surface area contributed by atoms with Gasteiger partial charge in [0.05, 0.1) is 11.1 Å². The van der Waals surface area contributed by atoms with E-state index in [4.69, 9.17) is 5.11 Å². The van der Waals surface area contributed by atoms with Crippen LogP contribution in [0.2, 0.25) is 0 Å². The number of aromatic amines is 1. The highest BCUT2D eigenvalue weighted by Gasteiger charge is 2.20. The van der Waals surface area contributed by atoms with Gasteiger partial charge >= 0.3 is 5.97 Å². The van der Waals surface area contributed by atoms with Gasteiger partial charge in [-0.1, -0.05) is 30.3 Å². The number of hydrogen-bond acceptors (Lipinski definition) is 4. The van der Waals surface area contributed by atoms with Crippen LogP contribution in [0, 0.1) is 0 Å². The van der Waals surface area contributed by atoms with Crippen LogP contribution in [0.1, 0.15) is 26.3 Å². The molecule has 0 unspecified atom stereocenters. The van der Waals surface area contributed by atoms with Crippen LogP contribution in [-0.2, 0) is 0 Å². The Balaban J connectivity index is 2.23. The van der Waals surface area contributed by atoms with Crippen LogP contribution in [0.4, 0.5) is 0 Å². The Morgan fingerprint density at radius 3 is 2.30 bits per heavy atom. The molecule has 3 aromatic rings. The highest BCUT2D eigenvalue weighted by molar-refractivity contribution is 6.13. The Kier molecular flexibility index (Phi) is 3.42. The number of aromatic hydroxyl groups is 1. The van der Waals surface area contributed by atoms with Crippen LogP contribution in [-0.4, -0.2) is 26.9 Å². The lowest BCUT2D eigenvalue weighted by Crippen LogP contribution is -2.19. The van der Waals surface area contributed by atoms with Crippen molar-refractivity contribution in [3.63, 3.8) is 0 Å². The summed E-state index contributed by atoms with van der Waals surface area (Å²) < 4.78 is 0. The lowest BCUT2D eigenvalue weighted by atomic mass is 10.0. The zero-order chi connectivity index (χ0) is 16.6. The van der Waals surface area contributed by atoms with Crippen molar-refractivity contribution >= 4 is 22.7 Å². The van der Waals surface area contributed by atoms with Gasteiger partial charge in [0.25, 0.3) is 5.56 Å². The first-order chi connectivity index (χ1) is 11.0. The third-order valence-electron chi connectivity index (χ3n) is 3.50. The number of benzene rings is 2. The Bertz CT molecular complexity index is 989.